The Morgan fingerprint density at radius 1 is 1.22 bits per heavy atom. The first kappa shape index (κ1) is 20.6. The molecule has 8 heteroatoms. The summed E-state index contributed by atoms with van der Waals surface area (Å²) < 4.78 is 18.4. The van der Waals surface area contributed by atoms with E-state index in [1.54, 1.807) is 36.7 Å². The Morgan fingerprint density at radius 2 is 1.96 bits per heavy atom. The van der Waals surface area contributed by atoms with Gasteiger partial charge in [-0.2, -0.15) is 0 Å². The molecule has 0 spiro atoms. The lowest BCUT2D eigenvalue weighted by Crippen LogP contribution is -2.43. The van der Waals surface area contributed by atoms with Gasteiger partial charge in [-0.3, -0.25) is 9.59 Å². The fourth-order valence-electron chi connectivity index (χ4n) is 2.36. The summed E-state index contributed by atoms with van der Waals surface area (Å²) in [6, 6.07) is 8.40. The summed E-state index contributed by atoms with van der Waals surface area (Å²) in [5.74, 6) is -1.90. The Morgan fingerprint density at radius 3 is 2.59 bits per heavy atom. The van der Waals surface area contributed by atoms with E-state index in [4.69, 9.17) is 4.74 Å². The number of amides is 2. The molecule has 27 heavy (non-hydrogen) atoms. The highest BCUT2D eigenvalue weighted by Gasteiger charge is 2.25. The molecule has 0 saturated carbocycles. The van der Waals surface area contributed by atoms with Crippen LogP contribution in [-0.4, -0.2) is 41.9 Å². The molecular formula is C19H21FN2O4S. The molecule has 2 atom stereocenters. The van der Waals surface area contributed by atoms with E-state index in [1.807, 2.05) is 0 Å². The van der Waals surface area contributed by atoms with Gasteiger partial charge in [0.15, 0.2) is 6.10 Å². The molecule has 1 aromatic heterocycles. The molecule has 144 valence electrons. The van der Waals surface area contributed by atoms with Gasteiger partial charge in [0.2, 0.25) is 0 Å². The fourth-order valence-corrected chi connectivity index (χ4v) is 2.99. The Hall–Kier alpha value is -2.74. The monoisotopic (exact) mass is 392 g/mol. The summed E-state index contributed by atoms with van der Waals surface area (Å²) in [4.78, 5) is 38.3. The summed E-state index contributed by atoms with van der Waals surface area (Å²) in [7, 11) is 1.54. The molecular weight excluding hydrogens is 371 g/mol. The van der Waals surface area contributed by atoms with E-state index in [1.165, 1.54) is 42.2 Å². The van der Waals surface area contributed by atoms with Gasteiger partial charge in [0.05, 0.1) is 4.88 Å². The SMILES string of the molecule is CC(NC(=O)c1cccs1)C(=O)OC(C)C(=O)N(C)Cc1cccc(F)c1. The molecule has 2 aromatic rings. The zero-order valence-corrected chi connectivity index (χ0v) is 16.1. The highest BCUT2D eigenvalue weighted by Crippen LogP contribution is 2.10. The lowest BCUT2D eigenvalue weighted by molar-refractivity contribution is -0.159. The van der Waals surface area contributed by atoms with E-state index >= 15 is 0 Å². The van der Waals surface area contributed by atoms with Gasteiger partial charge >= 0.3 is 5.97 Å². The average molecular weight is 392 g/mol. The topological polar surface area (TPSA) is 75.7 Å². The summed E-state index contributed by atoms with van der Waals surface area (Å²) >= 11 is 1.26. The second-order valence-electron chi connectivity index (χ2n) is 6.08. The molecule has 0 aliphatic rings. The Balaban J connectivity index is 1.86. The van der Waals surface area contributed by atoms with Crippen molar-refractivity contribution in [2.45, 2.75) is 32.5 Å². The first-order valence-electron chi connectivity index (χ1n) is 8.32. The molecule has 1 N–H and O–H groups in total. The molecule has 0 fully saturated rings. The van der Waals surface area contributed by atoms with Gasteiger partial charge in [0.1, 0.15) is 11.9 Å². The normalized spacial score (nSPS) is 12.7. The van der Waals surface area contributed by atoms with Crippen molar-refractivity contribution in [3.8, 4) is 0 Å². The van der Waals surface area contributed by atoms with Crippen LogP contribution in [0.4, 0.5) is 4.39 Å². The molecule has 0 bridgehead atoms. The second kappa shape index (κ2) is 9.27. The van der Waals surface area contributed by atoms with Crippen molar-refractivity contribution in [2.75, 3.05) is 7.05 Å². The van der Waals surface area contributed by atoms with E-state index in [9.17, 15) is 18.8 Å². The molecule has 2 amide bonds. The minimum Gasteiger partial charge on any atom is -0.451 e. The highest BCUT2D eigenvalue weighted by atomic mass is 32.1. The van der Waals surface area contributed by atoms with Crippen molar-refractivity contribution in [3.05, 3.63) is 58.0 Å². The van der Waals surface area contributed by atoms with E-state index in [2.05, 4.69) is 5.32 Å². The number of ether oxygens (including phenoxy) is 1. The number of nitrogens with zero attached hydrogens (tertiary/aromatic N) is 1. The average Bonchev–Trinajstić information content (AvgIpc) is 3.15. The number of esters is 1. The molecule has 0 saturated heterocycles. The van der Waals surface area contributed by atoms with Crippen LogP contribution >= 0.6 is 11.3 Å². The van der Waals surface area contributed by atoms with Crippen LogP contribution in [0.25, 0.3) is 0 Å². The summed E-state index contributed by atoms with van der Waals surface area (Å²) in [6.07, 6.45) is -1.03. The standard InChI is InChI=1S/C19H21FN2O4S/c1-12(21-17(23)16-8-5-9-27-16)19(25)26-13(2)18(24)22(3)11-14-6-4-7-15(20)10-14/h4-10,12-13H,11H2,1-3H3,(H,21,23). The van der Waals surface area contributed by atoms with Gasteiger partial charge in [-0.1, -0.05) is 18.2 Å². The van der Waals surface area contributed by atoms with Crippen LogP contribution in [0.5, 0.6) is 0 Å². The predicted molar refractivity (Wildman–Crippen MR) is 99.7 cm³/mol. The van der Waals surface area contributed by atoms with Crippen LogP contribution < -0.4 is 5.32 Å². The van der Waals surface area contributed by atoms with Crippen LogP contribution in [0.1, 0.15) is 29.1 Å². The smallest absolute Gasteiger partial charge is 0.329 e. The molecule has 2 rings (SSSR count). The van der Waals surface area contributed by atoms with Crippen LogP contribution in [0, 0.1) is 5.82 Å². The third-order valence-electron chi connectivity index (χ3n) is 3.77. The molecule has 1 heterocycles. The summed E-state index contributed by atoms with van der Waals surface area (Å²) in [6.45, 7) is 3.13. The molecule has 0 aliphatic heterocycles. The van der Waals surface area contributed by atoms with Crippen LogP contribution in [0.3, 0.4) is 0 Å². The fraction of sp³-hybridized carbons (Fsp3) is 0.316. The van der Waals surface area contributed by atoms with Crippen molar-refractivity contribution < 1.29 is 23.5 Å². The second-order valence-corrected chi connectivity index (χ2v) is 7.02. The lowest BCUT2D eigenvalue weighted by atomic mass is 10.2. The number of rotatable bonds is 7. The first-order chi connectivity index (χ1) is 12.8. The van der Waals surface area contributed by atoms with Gasteiger partial charge in [0.25, 0.3) is 11.8 Å². The molecule has 0 aliphatic carbocycles. The number of likely N-dealkylation sites (N-methyl/N-ethyl adjacent to an activating group) is 1. The lowest BCUT2D eigenvalue weighted by Gasteiger charge is -2.23. The quantitative estimate of drug-likeness (QED) is 0.735. The molecule has 6 nitrogen and oxygen atoms in total. The number of hydrogen-bond donors (Lipinski definition) is 1. The van der Waals surface area contributed by atoms with Crippen LogP contribution in [0.2, 0.25) is 0 Å². The predicted octanol–water partition coefficient (Wildman–Crippen LogP) is 2.60. The Labute approximate surface area is 160 Å². The van der Waals surface area contributed by atoms with Crippen molar-refractivity contribution >= 4 is 29.1 Å². The van der Waals surface area contributed by atoms with Crippen LogP contribution in [-0.2, 0) is 20.9 Å². The number of benzene rings is 1. The molecule has 1 aromatic carbocycles. The number of hydrogen-bond acceptors (Lipinski definition) is 5. The van der Waals surface area contributed by atoms with E-state index < -0.39 is 24.0 Å². The number of carbonyl (C=O) groups is 3. The van der Waals surface area contributed by atoms with Crippen molar-refractivity contribution in [1.82, 2.24) is 10.2 Å². The van der Waals surface area contributed by atoms with Gasteiger partial charge in [0, 0.05) is 13.6 Å². The van der Waals surface area contributed by atoms with E-state index in [-0.39, 0.29) is 18.3 Å². The minimum atomic E-state index is -1.03. The maximum absolute atomic E-state index is 13.2. The summed E-state index contributed by atoms with van der Waals surface area (Å²) in [5.41, 5.74) is 0.626. The number of carbonyl (C=O) groups excluding carboxylic acids is 3. The third kappa shape index (κ3) is 5.89. The maximum atomic E-state index is 13.2. The van der Waals surface area contributed by atoms with Crippen molar-refractivity contribution in [3.63, 3.8) is 0 Å². The zero-order chi connectivity index (χ0) is 20.0. The van der Waals surface area contributed by atoms with Crippen molar-refractivity contribution in [2.24, 2.45) is 0 Å². The Bertz CT molecular complexity index is 810. The Kier molecular flexibility index (Phi) is 7.06. The summed E-state index contributed by atoms with van der Waals surface area (Å²) in [5, 5.41) is 4.29. The highest BCUT2D eigenvalue weighted by molar-refractivity contribution is 7.12. The largest absolute Gasteiger partial charge is 0.451 e. The van der Waals surface area contributed by atoms with Crippen molar-refractivity contribution in [1.29, 1.82) is 0 Å². The number of halogens is 1. The van der Waals surface area contributed by atoms with Gasteiger partial charge in [-0.25, -0.2) is 9.18 Å². The van der Waals surface area contributed by atoms with Gasteiger partial charge in [-0.15, -0.1) is 11.3 Å². The van der Waals surface area contributed by atoms with E-state index in [0.29, 0.717) is 10.4 Å². The number of nitrogens with one attached hydrogen (secondary N) is 1. The maximum Gasteiger partial charge on any atom is 0.329 e. The van der Waals surface area contributed by atoms with E-state index in [0.717, 1.165) is 0 Å². The molecule has 0 radical (unpaired) electrons. The zero-order valence-electron chi connectivity index (χ0n) is 15.3. The van der Waals surface area contributed by atoms with Gasteiger partial charge < -0.3 is 15.0 Å². The first-order valence-corrected chi connectivity index (χ1v) is 9.20. The van der Waals surface area contributed by atoms with Crippen LogP contribution in [0.15, 0.2) is 41.8 Å². The minimum absolute atomic E-state index is 0.184. The third-order valence-corrected chi connectivity index (χ3v) is 4.64. The molecule has 2 unspecified atom stereocenters. The van der Waals surface area contributed by atoms with Gasteiger partial charge in [-0.05, 0) is 43.0 Å². The number of thiophene rings is 1.